The number of phenols is 1. The quantitative estimate of drug-likeness (QED) is 0.448. The van der Waals surface area contributed by atoms with Crippen molar-refractivity contribution in [3.05, 3.63) is 33.4 Å². The van der Waals surface area contributed by atoms with Crippen LogP contribution in [0.5, 0.6) is 5.75 Å². The summed E-state index contributed by atoms with van der Waals surface area (Å²) < 4.78 is 4.37. The first kappa shape index (κ1) is 13.4. The first-order chi connectivity index (χ1) is 8.42. The van der Waals surface area contributed by atoms with Gasteiger partial charge in [0.2, 0.25) is 0 Å². The molecule has 18 heavy (non-hydrogen) atoms. The van der Waals surface area contributed by atoms with E-state index in [0.717, 1.165) is 19.2 Å². The number of aromatic hydroxyl groups is 1. The molecule has 0 saturated heterocycles. The Hall–Kier alpha value is -2.66. The smallest absolute Gasteiger partial charge is 0.327 e. The Bertz CT molecular complexity index is 549. The molecule has 0 fully saturated rings. The molecule has 3 N–H and O–H groups in total. The van der Waals surface area contributed by atoms with Gasteiger partial charge in [0.05, 0.1) is 23.7 Å². The molecule has 8 nitrogen and oxygen atoms in total. The molecule has 0 aliphatic rings. The van der Waals surface area contributed by atoms with Crippen LogP contribution in [0.1, 0.15) is 17.2 Å². The van der Waals surface area contributed by atoms with Crippen LogP contribution < -0.4 is 5.73 Å². The van der Waals surface area contributed by atoms with Gasteiger partial charge in [-0.2, -0.15) is 5.26 Å². The number of rotatable bonds is 3. The summed E-state index contributed by atoms with van der Waals surface area (Å²) in [5, 5.41) is 29.1. The number of nitriles is 1. The van der Waals surface area contributed by atoms with Crippen LogP contribution in [0.15, 0.2) is 12.1 Å². The fourth-order valence-electron chi connectivity index (χ4n) is 1.34. The molecule has 0 unspecified atom stereocenters. The Morgan fingerprint density at radius 3 is 2.72 bits per heavy atom. The fourth-order valence-corrected chi connectivity index (χ4v) is 1.34. The molecule has 1 aromatic rings. The molecular formula is C10H9N3O5. The van der Waals surface area contributed by atoms with Gasteiger partial charge in [-0.1, -0.05) is 0 Å². The minimum Gasteiger partial charge on any atom is -0.502 e. The minimum absolute atomic E-state index is 0.0890. The molecular weight excluding hydrogens is 242 g/mol. The Morgan fingerprint density at radius 1 is 1.67 bits per heavy atom. The highest BCUT2D eigenvalue weighted by Gasteiger charge is 2.26. The van der Waals surface area contributed by atoms with Crippen LogP contribution in [0.25, 0.3) is 0 Å². The van der Waals surface area contributed by atoms with E-state index in [-0.39, 0.29) is 11.1 Å². The first-order valence-corrected chi connectivity index (χ1v) is 4.67. The molecule has 0 spiro atoms. The molecule has 0 aliphatic carbocycles. The number of ether oxygens (including phenoxy) is 1. The van der Waals surface area contributed by atoms with E-state index in [0.29, 0.717) is 0 Å². The second-order valence-electron chi connectivity index (χ2n) is 3.30. The Labute approximate surface area is 101 Å². The van der Waals surface area contributed by atoms with Crippen LogP contribution in [0.3, 0.4) is 0 Å². The van der Waals surface area contributed by atoms with Crippen molar-refractivity contribution in [1.82, 2.24) is 0 Å². The standard InChI is InChI=1S/C10H9N3O5/c1-18-10(15)8(12)6-2-5(4-11)3-7(9(6)14)13(16)17/h2-3,8,14H,12H2,1H3/t8-/m0/s1. The van der Waals surface area contributed by atoms with Crippen LogP contribution in [0.4, 0.5) is 5.69 Å². The molecule has 0 aliphatic heterocycles. The number of carbonyl (C=O) groups excluding carboxylic acids is 1. The van der Waals surface area contributed by atoms with Crippen molar-refractivity contribution in [3.8, 4) is 11.8 Å². The number of nitro benzene ring substituents is 1. The van der Waals surface area contributed by atoms with Crippen LogP contribution in [-0.2, 0) is 9.53 Å². The van der Waals surface area contributed by atoms with Crippen LogP contribution >= 0.6 is 0 Å². The molecule has 0 bridgehead atoms. The Morgan fingerprint density at radius 2 is 2.28 bits per heavy atom. The second-order valence-corrected chi connectivity index (χ2v) is 3.30. The second kappa shape index (κ2) is 5.11. The third-order valence-corrected chi connectivity index (χ3v) is 2.24. The number of benzene rings is 1. The summed E-state index contributed by atoms with van der Waals surface area (Å²) in [6.07, 6.45) is 0. The minimum atomic E-state index is -1.40. The molecule has 0 aromatic heterocycles. The maximum Gasteiger partial charge on any atom is 0.327 e. The fraction of sp³-hybridized carbons (Fsp3) is 0.200. The summed E-state index contributed by atoms with van der Waals surface area (Å²) in [7, 11) is 1.09. The predicted molar refractivity (Wildman–Crippen MR) is 58.4 cm³/mol. The van der Waals surface area contributed by atoms with E-state index in [1.54, 1.807) is 6.07 Å². The number of carbonyl (C=O) groups is 1. The molecule has 1 atom stereocenters. The van der Waals surface area contributed by atoms with Crippen LogP contribution in [-0.4, -0.2) is 23.1 Å². The zero-order valence-corrected chi connectivity index (χ0v) is 9.28. The number of methoxy groups -OCH3 is 1. The van der Waals surface area contributed by atoms with Crippen LogP contribution in [0.2, 0.25) is 0 Å². The highest BCUT2D eigenvalue weighted by molar-refractivity contribution is 5.79. The number of esters is 1. The van der Waals surface area contributed by atoms with Gasteiger partial charge in [-0.15, -0.1) is 0 Å². The van der Waals surface area contributed by atoms with Crippen molar-refractivity contribution in [2.45, 2.75) is 6.04 Å². The average Bonchev–Trinajstić information content (AvgIpc) is 2.36. The maximum atomic E-state index is 11.2. The van der Waals surface area contributed by atoms with Gasteiger partial charge in [0, 0.05) is 11.6 Å². The molecule has 0 saturated carbocycles. The SMILES string of the molecule is COC(=O)[C@@H](N)c1cc(C#N)cc([N+](=O)[O-])c1O. The van der Waals surface area contributed by atoms with E-state index < -0.39 is 28.4 Å². The van der Waals surface area contributed by atoms with Crippen molar-refractivity contribution in [1.29, 1.82) is 5.26 Å². The number of nitrogens with zero attached hydrogens (tertiary/aromatic N) is 2. The summed E-state index contributed by atoms with van der Waals surface area (Å²) in [5.74, 6) is -1.63. The summed E-state index contributed by atoms with van der Waals surface area (Å²) in [6, 6.07) is 2.27. The van der Waals surface area contributed by atoms with Gasteiger partial charge in [0.1, 0.15) is 6.04 Å². The highest BCUT2D eigenvalue weighted by atomic mass is 16.6. The predicted octanol–water partition coefficient (Wildman–Crippen LogP) is 0.345. The lowest BCUT2D eigenvalue weighted by Gasteiger charge is -2.11. The van der Waals surface area contributed by atoms with Gasteiger partial charge in [-0.05, 0) is 6.07 Å². The Kier molecular flexibility index (Phi) is 3.81. The molecule has 94 valence electrons. The van der Waals surface area contributed by atoms with E-state index in [1.807, 2.05) is 0 Å². The van der Waals surface area contributed by atoms with E-state index in [2.05, 4.69) is 4.74 Å². The Balaban J connectivity index is 3.44. The summed E-state index contributed by atoms with van der Waals surface area (Å²) in [6.45, 7) is 0. The maximum absolute atomic E-state index is 11.2. The summed E-state index contributed by atoms with van der Waals surface area (Å²) in [5.41, 5.74) is 4.47. The average molecular weight is 251 g/mol. The van der Waals surface area contributed by atoms with Gasteiger partial charge >= 0.3 is 11.7 Å². The number of hydrogen-bond acceptors (Lipinski definition) is 7. The van der Waals surface area contributed by atoms with Gasteiger partial charge in [0.15, 0.2) is 5.75 Å². The van der Waals surface area contributed by atoms with E-state index in [1.165, 1.54) is 0 Å². The van der Waals surface area contributed by atoms with Crippen molar-refractivity contribution < 1.29 is 19.6 Å². The molecule has 0 amide bonds. The lowest BCUT2D eigenvalue weighted by molar-refractivity contribution is -0.386. The van der Waals surface area contributed by atoms with Gasteiger partial charge in [-0.25, -0.2) is 0 Å². The normalized spacial score (nSPS) is 11.4. The van der Waals surface area contributed by atoms with Crippen molar-refractivity contribution in [3.63, 3.8) is 0 Å². The zero-order chi connectivity index (χ0) is 13.9. The topological polar surface area (TPSA) is 139 Å². The largest absolute Gasteiger partial charge is 0.502 e. The van der Waals surface area contributed by atoms with Crippen molar-refractivity contribution in [2.75, 3.05) is 7.11 Å². The number of hydrogen-bond donors (Lipinski definition) is 2. The van der Waals surface area contributed by atoms with E-state index in [4.69, 9.17) is 11.0 Å². The van der Waals surface area contributed by atoms with Gasteiger partial charge < -0.3 is 15.6 Å². The molecule has 1 aromatic carbocycles. The third kappa shape index (κ3) is 2.36. The molecule has 1 rings (SSSR count). The molecule has 0 radical (unpaired) electrons. The number of nitrogens with two attached hydrogens (primary N) is 1. The van der Waals surface area contributed by atoms with E-state index >= 15 is 0 Å². The number of nitro groups is 1. The zero-order valence-electron chi connectivity index (χ0n) is 9.28. The lowest BCUT2D eigenvalue weighted by atomic mass is 10.0. The monoisotopic (exact) mass is 251 g/mol. The van der Waals surface area contributed by atoms with Gasteiger partial charge in [0.25, 0.3) is 0 Å². The first-order valence-electron chi connectivity index (χ1n) is 4.67. The summed E-state index contributed by atoms with van der Waals surface area (Å²) >= 11 is 0. The summed E-state index contributed by atoms with van der Waals surface area (Å²) in [4.78, 5) is 21.0. The van der Waals surface area contributed by atoms with E-state index in [9.17, 15) is 20.0 Å². The molecule has 0 heterocycles. The van der Waals surface area contributed by atoms with Crippen molar-refractivity contribution >= 4 is 11.7 Å². The third-order valence-electron chi connectivity index (χ3n) is 2.24. The van der Waals surface area contributed by atoms with Crippen LogP contribution in [0, 0.1) is 21.4 Å². The lowest BCUT2D eigenvalue weighted by Crippen LogP contribution is -2.23. The van der Waals surface area contributed by atoms with Gasteiger partial charge in [-0.3, -0.25) is 14.9 Å². The van der Waals surface area contributed by atoms with Crippen molar-refractivity contribution in [2.24, 2.45) is 5.73 Å². The highest BCUT2D eigenvalue weighted by Crippen LogP contribution is 2.34. The number of phenolic OH excluding ortho intramolecular Hbond substituents is 1. The molecule has 8 heteroatoms.